The van der Waals surface area contributed by atoms with Gasteiger partial charge in [0.25, 0.3) is 0 Å². The van der Waals surface area contributed by atoms with Crippen LogP contribution in [0.15, 0.2) is 0 Å². The minimum atomic E-state index is -0.225. The zero-order chi connectivity index (χ0) is 11.9. The summed E-state index contributed by atoms with van der Waals surface area (Å²) in [5.41, 5.74) is -0.225. The molecule has 1 fully saturated rings. The highest BCUT2D eigenvalue weighted by molar-refractivity contribution is 5.11. The Labute approximate surface area is 98.9 Å². The van der Waals surface area contributed by atoms with Crippen LogP contribution >= 0.6 is 0 Å². The molecular weight excluding hydrogens is 202 g/mol. The van der Waals surface area contributed by atoms with E-state index in [1.807, 2.05) is 6.92 Å². The van der Waals surface area contributed by atoms with E-state index in [0.29, 0.717) is 6.61 Å². The lowest BCUT2D eigenvalue weighted by Gasteiger charge is -2.41. The fraction of sp³-hybridized carbons (Fsp3) is 0.846. The highest BCUT2D eigenvalue weighted by Gasteiger charge is 2.40. The van der Waals surface area contributed by atoms with Gasteiger partial charge in [-0.15, -0.1) is 6.42 Å². The fourth-order valence-corrected chi connectivity index (χ4v) is 2.21. The summed E-state index contributed by atoms with van der Waals surface area (Å²) in [7, 11) is 0. The van der Waals surface area contributed by atoms with Crippen LogP contribution in [0.25, 0.3) is 0 Å². The van der Waals surface area contributed by atoms with E-state index in [4.69, 9.17) is 15.9 Å². The van der Waals surface area contributed by atoms with Crippen molar-refractivity contribution in [3.63, 3.8) is 0 Å². The van der Waals surface area contributed by atoms with Crippen LogP contribution in [0.1, 0.15) is 33.1 Å². The van der Waals surface area contributed by atoms with E-state index in [-0.39, 0.29) is 11.6 Å². The highest BCUT2D eigenvalue weighted by atomic mass is 16.5. The fourth-order valence-electron chi connectivity index (χ4n) is 2.21. The molecule has 3 heteroatoms. The molecule has 1 atom stereocenters. The van der Waals surface area contributed by atoms with Crippen LogP contribution in [0.2, 0.25) is 0 Å². The quantitative estimate of drug-likeness (QED) is 0.696. The second kappa shape index (κ2) is 6.90. The monoisotopic (exact) mass is 225 g/mol. The van der Waals surface area contributed by atoms with Gasteiger partial charge in [-0.1, -0.05) is 12.8 Å². The van der Waals surface area contributed by atoms with Crippen LogP contribution in [0, 0.1) is 12.3 Å². The SMILES string of the molecule is C#CC(NCCC)C1(OCC)CCOCC1. The molecule has 0 saturated carbocycles. The lowest BCUT2D eigenvalue weighted by molar-refractivity contribution is -0.116. The van der Waals surface area contributed by atoms with Crippen LogP contribution in [0.5, 0.6) is 0 Å². The molecule has 16 heavy (non-hydrogen) atoms. The highest BCUT2D eigenvalue weighted by Crippen LogP contribution is 2.28. The zero-order valence-corrected chi connectivity index (χ0v) is 10.4. The minimum absolute atomic E-state index is 0.00343. The Hall–Kier alpha value is -0.560. The van der Waals surface area contributed by atoms with Crippen molar-refractivity contribution in [1.82, 2.24) is 5.32 Å². The molecule has 0 aromatic rings. The minimum Gasteiger partial charge on any atom is -0.381 e. The van der Waals surface area contributed by atoms with Crippen molar-refractivity contribution in [2.24, 2.45) is 0 Å². The molecule has 1 aliphatic rings. The summed E-state index contributed by atoms with van der Waals surface area (Å²) in [6.07, 6.45) is 8.47. The molecule has 1 heterocycles. The molecule has 1 rings (SSSR count). The van der Waals surface area contributed by atoms with Crippen LogP contribution < -0.4 is 5.32 Å². The van der Waals surface area contributed by atoms with Gasteiger partial charge >= 0.3 is 0 Å². The number of hydrogen-bond donors (Lipinski definition) is 1. The first kappa shape index (κ1) is 13.5. The summed E-state index contributed by atoms with van der Waals surface area (Å²) in [5.74, 6) is 2.84. The third kappa shape index (κ3) is 3.21. The van der Waals surface area contributed by atoms with Crippen molar-refractivity contribution in [3.8, 4) is 12.3 Å². The van der Waals surface area contributed by atoms with Crippen molar-refractivity contribution in [1.29, 1.82) is 0 Å². The lowest BCUT2D eigenvalue weighted by atomic mass is 9.86. The maximum atomic E-state index is 5.94. The molecule has 0 bridgehead atoms. The third-order valence-electron chi connectivity index (χ3n) is 3.06. The van der Waals surface area contributed by atoms with Crippen molar-refractivity contribution >= 4 is 0 Å². The molecule has 3 nitrogen and oxygen atoms in total. The van der Waals surface area contributed by atoms with Gasteiger partial charge in [-0.2, -0.15) is 0 Å². The first-order valence-electron chi connectivity index (χ1n) is 6.20. The molecule has 0 aromatic carbocycles. The molecule has 0 radical (unpaired) electrons. The van der Waals surface area contributed by atoms with Crippen LogP contribution in [-0.4, -0.2) is 38.0 Å². The number of terminal acetylenes is 1. The van der Waals surface area contributed by atoms with Gasteiger partial charge in [0.2, 0.25) is 0 Å². The number of nitrogens with one attached hydrogen (secondary N) is 1. The molecule has 0 aliphatic carbocycles. The smallest absolute Gasteiger partial charge is 0.0990 e. The summed E-state index contributed by atoms with van der Waals surface area (Å²) < 4.78 is 11.3. The molecule has 0 aromatic heterocycles. The first-order valence-corrected chi connectivity index (χ1v) is 6.20. The lowest BCUT2D eigenvalue weighted by Crippen LogP contribution is -2.55. The van der Waals surface area contributed by atoms with Gasteiger partial charge in [-0.3, -0.25) is 0 Å². The second-order valence-corrected chi connectivity index (χ2v) is 4.16. The van der Waals surface area contributed by atoms with Crippen molar-refractivity contribution < 1.29 is 9.47 Å². The summed E-state index contributed by atoms with van der Waals surface area (Å²) in [6, 6.07) is -0.00343. The van der Waals surface area contributed by atoms with E-state index in [1.54, 1.807) is 0 Å². The number of ether oxygens (including phenoxy) is 2. The topological polar surface area (TPSA) is 30.5 Å². The van der Waals surface area contributed by atoms with Crippen molar-refractivity contribution in [3.05, 3.63) is 0 Å². The average molecular weight is 225 g/mol. The normalized spacial score (nSPS) is 21.3. The Morgan fingerprint density at radius 1 is 1.44 bits per heavy atom. The Morgan fingerprint density at radius 2 is 2.12 bits per heavy atom. The third-order valence-corrected chi connectivity index (χ3v) is 3.06. The van der Waals surface area contributed by atoms with Crippen LogP contribution in [0.4, 0.5) is 0 Å². The first-order chi connectivity index (χ1) is 7.79. The molecule has 0 spiro atoms. The van der Waals surface area contributed by atoms with Gasteiger partial charge in [0, 0.05) is 32.7 Å². The molecule has 92 valence electrons. The number of rotatable bonds is 6. The van der Waals surface area contributed by atoms with Gasteiger partial charge < -0.3 is 14.8 Å². The molecule has 1 saturated heterocycles. The summed E-state index contributed by atoms with van der Waals surface area (Å²) in [4.78, 5) is 0. The maximum absolute atomic E-state index is 5.94. The van der Waals surface area contributed by atoms with E-state index in [2.05, 4.69) is 18.2 Å². The average Bonchev–Trinajstić information content (AvgIpc) is 2.31. The molecular formula is C13H23NO2. The van der Waals surface area contributed by atoms with E-state index < -0.39 is 0 Å². The molecule has 1 unspecified atom stereocenters. The summed E-state index contributed by atoms with van der Waals surface area (Å²) >= 11 is 0. The van der Waals surface area contributed by atoms with Crippen molar-refractivity contribution in [2.45, 2.75) is 44.8 Å². The maximum Gasteiger partial charge on any atom is 0.0990 e. The largest absolute Gasteiger partial charge is 0.381 e. The Balaban J connectivity index is 2.68. The van der Waals surface area contributed by atoms with E-state index >= 15 is 0 Å². The summed E-state index contributed by atoms with van der Waals surface area (Å²) in [5, 5.41) is 3.40. The van der Waals surface area contributed by atoms with Crippen molar-refractivity contribution in [2.75, 3.05) is 26.4 Å². The number of hydrogen-bond acceptors (Lipinski definition) is 3. The van der Waals surface area contributed by atoms with E-state index in [9.17, 15) is 0 Å². The van der Waals surface area contributed by atoms with Gasteiger partial charge in [0.15, 0.2) is 0 Å². The van der Waals surface area contributed by atoms with E-state index in [0.717, 1.165) is 39.0 Å². The van der Waals surface area contributed by atoms with Gasteiger partial charge in [0.05, 0.1) is 11.6 Å². The Kier molecular flexibility index (Phi) is 5.83. The molecule has 0 amide bonds. The molecule has 1 N–H and O–H groups in total. The Bertz CT molecular complexity index is 223. The zero-order valence-electron chi connectivity index (χ0n) is 10.4. The van der Waals surface area contributed by atoms with Crippen LogP contribution in [-0.2, 0) is 9.47 Å². The predicted octanol–water partition coefficient (Wildman–Crippen LogP) is 1.57. The summed E-state index contributed by atoms with van der Waals surface area (Å²) in [6.45, 7) is 7.27. The predicted molar refractivity (Wildman–Crippen MR) is 65.3 cm³/mol. The van der Waals surface area contributed by atoms with Crippen LogP contribution in [0.3, 0.4) is 0 Å². The van der Waals surface area contributed by atoms with E-state index in [1.165, 1.54) is 0 Å². The standard InChI is InChI=1S/C13H23NO2/c1-4-9-14-12(5-2)13(16-6-3)7-10-15-11-8-13/h2,12,14H,4,6-11H2,1,3H3. The molecule has 1 aliphatic heterocycles. The van der Waals surface area contributed by atoms with Gasteiger partial charge in [-0.25, -0.2) is 0 Å². The van der Waals surface area contributed by atoms with Gasteiger partial charge in [0.1, 0.15) is 0 Å². The van der Waals surface area contributed by atoms with Gasteiger partial charge in [-0.05, 0) is 19.9 Å². The second-order valence-electron chi connectivity index (χ2n) is 4.16. The Morgan fingerprint density at radius 3 is 2.62 bits per heavy atom.